The molecule has 0 saturated carbocycles. The maximum Gasteiger partial charge on any atom is 0.126 e. The van der Waals surface area contributed by atoms with E-state index in [2.05, 4.69) is 5.43 Å². The first-order valence-electron chi connectivity index (χ1n) is 4.28. The summed E-state index contributed by atoms with van der Waals surface area (Å²) in [5, 5.41) is 1.92. The molecule has 0 aliphatic carbocycles. The molecular weight excluding hydrogens is 162 g/mol. The van der Waals surface area contributed by atoms with Crippen LogP contribution in [0.25, 0.3) is 0 Å². The van der Waals surface area contributed by atoms with Gasteiger partial charge in [0.15, 0.2) is 0 Å². The van der Waals surface area contributed by atoms with Crippen LogP contribution in [0.3, 0.4) is 0 Å². The standard InChI is InChI=1S/C10H13N3/c1-10(11)7-8-12-13(10)9-5-3-2-4-6-9/h2-8,12H,11H2,1H3. The number of benzene rings is 1. The number of anilines is 1. The Bertz CT molecular complexity index is 316. The summed E-state index contributed by atoms with van der Waals surface area (Å²) in [4.78, 5) is 0. The monoisotopic (exact) mass is 175 g/mol. The highest BCUT2D eigenvalue weighted by Crippen LogP contribution is 2.21. The van der Waals surface area contributed by atoms with Gasteiger partial charge in [0.2, 0.25) is 0 Å². The van der Waals surface area contributed by atoms with Crippen LogP contribution in [0.1, 0.15) is 6.92 Å². The number of hydrogen-bond donors (Lipinski definition) is 2. The Kier molecular flexibility index (Phi) is 1.74. The zero-order valence-electron chi connectivity index (χ0n) is 7.57. The SMILES string of the molecule is CC1(N)C=CNN1c1ccccc1. The average molecular weight is 175 g/mol. The van der Waals surface area contributed by atoms with Gasteiger partial charge >= 0.3 is 0 Å². The lowest BCUT2D eigenvalue weighted by Gasteiger charge is -2.32. The van der Waals surface area contributed by atoms with Crippen molar-refractivity contribution in [3.8, 4) is 0 Å². The summed E-state index contributed by atoms with van der Waals surface area (Å²) in [7, 11) is 0. The van der Waals surface area contributed by atoms with E-state index in [1.807, 2.05) is 54.5 Å². The van der Waals surface area contributed by atoms with Crippen LogP contribution in [-0.4, -0.2) is 5.66 Å². The number of hydrogen-bond acceptors (Lipinski definition) is 3. The summed E-state index contributed by atoms with van der Waals surface area (Å²) in [6, 6.07) is 10.0. The lowest BCUT2D eigenvalue weighted by molar-refractivity contribution is 0.537. The molecule has 3 nitrogen and oxygen atoms in total. The molecule has 0 amide bonds. The smallest absolute Gasteiger partial charge is 0.126 e. The Morgan fingerprint density at radius 2 is 2.00 bits per heavy atom. The molecule has 68 valence electrons. The van der Waals surface area contributed by atoms with E-state index >= 15 is 0 Å². The number of nitrogens with one attached hydrogen (secondary N) is 1. The molecule has 1 unspecified atom stereocenters. The number of hydrazine groups is 1. The second-order valence-corrected chi connectivity index (χ2v) is 3.36. The second kappa shape index (κ2) is 2.78. The van der Waals surface area contributed by atoms with E-state index in [0.29, 0.717) is 0 Å². The molecule has 1 aromatic rings. The fraction of sp³-hybridized carbons (Fsp3) is 0.200. The zero-order chi connectivity index (χ0) is 9.31. The molecule has 0 bridgehead atoms. The van der Waals surface area contributed by atoms with Crippen LogP contribution in [0.5, 0.6) is 0 Å². The molecule has 1 aliphatic rings. The van der Waals surface area contributed by atoms with Crippen molar-refractivity contribution < 1.29 is 0 Å². The molecule has 3 N–H and O–H groups in total. The maximum absolute atomic E-state index is 6.03. The summed E-state index contributed by atoms with van der Waals surface area (Å²) in [5.74, 6) is 0. The summed E-state index contributed by atoms with van der Waals surface area (Å²) in [6.45, 7) is 1.95. The molecule has 0 spiro atoms. The molecule has 1 aliphatic heterocycles. The summed E-state index contributed by atoms with van der Waals surface area (Å²) >= 11 is 0. The van der Waals surface area contributed by atoms with E-state index < -0.39 is 5.66 Å². The summed E-state index contributed by atoms with van der Waals surface area (Å²) < 4.78 is 0. The van der Waals surface area contributed by atoms with Crippen LogP contribution >= 0.6 is 0 Å². The van der Waals surface area contributed by atoms with Crippen molar-refractivity contribution in [1.29, 1.82) is 0 Å². The largest absolute Gasteiger partial charge is 0.304 e. The van der Waals surface area contributed by atoms with Gasteiger partial charge in [-0.2, -0.15) is 0 Å². The van der Waals surface area contributed by atoms with E-state index in [4.69, 9.17) is 5.73 Å². The molecular formula is C10H13N3. The Morgan fingerprint density at radius 3 is 2.54 bits per heavy atom. The highest BCUT2D eigenvalue weighted by atomic mass is 15.6. The quantitative estimate of drug-likeness (QED) is 0.674. The van der Waals surface area contributed by atoms with Crippen molar-refractivity contribution in [2.24, 2.45) is 5.73 Å². The van der Waals surface area contributed by atoms with E-state index in [9.17, 15) is 0 Å². The Balaban J connectivity index is 2.29. The van der Waals surface area contributed by atoms with Gasteiger partial charge in [-0.05, 0) is 25.1 Å². The molecule has 0 aromatic heterocycles. The minimum atomic E-state index is -0.443. The summed E-state index contributed by atoms with van der Waals surface area (Å²) in [5.41, 5.74) is 9.75. The van der Waals surface area contributed by atoms with Gasteiger partial charge in [0, 0.05) is 6.20 Å². The Labute approximate surface area is 77.8 Å². The van der Waals surface area contributed by atoms with Gasteiger partial charge in [-0.3, -0.25) is 5.01 Å². The lowest BCUT2D eigenvalue weighted by atomic mass is 10.2. The third-order valence-electron chi connectivity index (χ3n) is 2.12. The molecule has 0 saturated heterocycles. The predicted molar refractivity (Wildman–Crippen MR) is 53.8 cm³/mol. The second-order valence-electron chi connectivity index (χ2n) is 3.36. The molecule has 13 heavy (non-hydrogen) atoms. The Hall–Kier alpha value is -1.48. The number of rotatable bonds is 1. The van der Waals surface area contributed by atoms with E-state index in [1.165, 1.54) is 0 Å². The first-order valence-corrected chi connectivity index (χ1v) is 4.28. The highest BCUT2D eigenvalue weighted by Gasteiger charge is 2.28. The van der Waals surface area contributed by atoms with E-state index in [-0.39, 0.29) is 0 Å². The van der Waals surface area contributed by atoms with Crippen molar-refractivity contribution >= 4 is 5.69 Å². The van der Waals surface area contributed by atoms with Gasteiger partial charge in [-0.15, -0.1) is 0 Å². The van der Waals surface area contributed by atoms with Crippen molar-refractivity contribution in [2.45, 2.75) is 12.6 Å². The minimum absolute atomic E-state index is 0.443. The number of nitrogens with zero attached hydrogens (tertiary/aromatic N) is 1. The minimum Gasteiger partial charge on any atom is -0.304 e. The summed E-state index contributed by atoms with van der Waals surface area (Å²) in [6.07, 6.45) is 3.78. The van der Waals surface area contributed by atoms with Gasteiger partial charge in [0.05, 0.1) is 5.69 Å². The van der Waals surface area contributed by atoms with Crippen molar-refractivity contribution in [1.82, 2.24) is 5.43 Å². The third-order valence-corrected chi connectivity index (χ3v) is 2.12. The maximum atomic E-state index is 6.03. The third kappa shape index (κ3) is 1.38. The molecule has 2 rings (SSSR count). The first-order chi connectivity index (χ1) is 6.20. The van der Waals surface area contributed by atoms with Gasteiger partial charge in [-0.25, -0.2) is 0 Å². The molecule has 0 radical (unpaired) electrons. The highest BCUT2D eigenvalue weighted by molar-refractivity contribution is 5.50. The molecule has 0 fully saturated rings. The zero-order valence-corrected chi connectivity index (χ0v) is 7.57. The molecule has 1 heterocycles. The van der Waals surface area contributed by atoms with Gasteiger partial charge in [0.1, 0.15) is 5.66 Å². The van der Waals surface area contributed by atoms with Crippen LogP contribution in [0, 0.1) is 0 Å². The molecule has 1 atom stereocenters. The normalized spacial score (nSPS) is 26.2. The average Bonchev–Trinajstić information content (AvgIpc) is 2.47. The number of nitrogens with two attached hydrogens (primary N) is 1. The van der Waals surface area contributed by atoms with Crippen LogP contribution in [0.15, 0.2) is 42.6 Å². The van der Waals surface area contributed by atoms with Crippen LogP contribution in [-0.2, 0) is 0 Å². The van der Waals surface area contributed by atoms with Crippen molar-refractivity contribution in [3.05, 3.63) is 42.6 Å². The topological polar surface area (TPSA) is 41.3 Å². The lowest BCUT2D eigenvalue weighted by Crippen LogP contribution is -2.53. The molecule has 3 heteroatoms. The van der Waals surface area contributed by atoms with Gasteiger partial charge in [0.25, 0.3) is 0 Å². The van der Waals surface area contributed by atoms with E-state index in [1.54, 1.807) is 0 Å². The van der Waals surface area contributed by atoms with Gasteiger partial charge < -0.3 is 11.2 Å². The van der Waals surface area contributed by atoms with Crippen LogP contribution < -0.4 is 16.2 Å². The van der Waals surface area contributed by atoms with Crippen molar-refractivity contribution in [3.63, 3.8) is 0 Å². The van der Waals surface area contributed by atoms with Crippen LogP contribution in [0.4, 0.5) is 5.69 Å². The molecule has 1 aromatic carbocycles. The fourth-order valence-corrected chi connectivity index (χ4v) is 1.42. The van der Waals surface area contributed by atoms with Crippen LogP contribution in [0.2, 0.25) is 0 Å². The van der Waals surface area contributed by atoms with E-state index in [0.717, 1.165) is 5.69 Å². The first kappa shape index (κ1) is 8.13. The number of para-hydroxylation sites is 1. The van der Waals surface area contributed by atoms with Gasteiger partial charge in [-0.1, -0.05) is 18.2 Å². The predicted octanol–water partition coefficient (Wildman–Crippen LogP) is 1.20. The van der Waals surface area contributed by atoms with Crippen molar-refractivity contribution in [2.75, 3.05) is 5.01 Å². The fourth-order valence-electron chi connectivity index (χ4n) is 1.42. The Morgan fingerprint density at radius 1 is 1.31 bits per heavy atom.